The van der Waals surface area contributed by atoms with Gasteiger partial charge in [0.25, 0.3) is 5.92 Å². The van der Waals surface area contributed by atoms with Crippen LogP contribution in [-0.4, -0.2) is 28.7 Å². The molecule has 1 heterocycles. The number of hydrogen-bond donors (Lipinski definition) is 3. The molecule has 31 heavy (non-hydrogen) atoms. The minimum absolute atomic E-state index is 0.254. The Morgan fingerprint density at radius 2 is 2.03 bits per heavy atom. The minimum Gasteiger partial charge on any atom is -0.394 e. The standard InChI is InChI=1S/C23H19F2N3O2S/c1-2-21-27-20(13-31-21)28-22(30)26-19(12-29)16-9-8-15(14-6-4-3-5-7-14)10-17(16)18-11-23(18,24)25/h1,3-10,13,18-19,29H,11-12H2,(H2,26,28,30)/t18?,19-/m0/s1. The van der Waals surface area contributed by atoms with E-state index in [4.69, 9.17) is 6.42 Å². The monoisotopic (exact) mass is 439 g/mol. The lowest BCUT2D eigenvalue weighted by atomic mass is 9.92. The first kappa shape index (κ1) is 21.0. The number of aromatic nitrogens is 1. The Kier molecular flexibility index (Phi) is 5.72. The highest BCUT2D eigenvalue weighted by molar-refractivity contribution is 7.10. The summed E-state index contributed by atoms with van der Waals surface area (Å²) in [6, 6.07) is 13.2. The maximum Gasteiger partial charge on any atom is 0.320 e. The summed E-state index contributed by atoms with van der Waals surface area (Å²) in [7, 11) is 0. The van der Waals surface area contributed by atoms with E-state index in [0.29, 0.717) is 16.1 Å². The van der Waals surface area contributed by atoms with Gasteiger partial charge in [0.15, 0.2) is 5.01 Å². The van der Waals surface area contributed by atoms with Crippen molar-refractivity contribution >= 4 is 23.2 Å². The lowest BCUT2D eigenvalue weighted by Gasteiger charge is -2.21. The van der Waals surface area contributed by atoms with Gasteiger partial charge in [-0.2, -0.15) is 0 Å². The van der Waals surface area contributed by atoms with Crippen molar-refractivity contribution < 1.29 is 18.7 Å². The lowest BCUT2D eigenvalue weighted by molar-refractivity contribution is 0.112. The summed E-state index contributed by atoms with van der Waals surface area (Å²) >= 11 is 1.20. The molecule has 1 aliphatic carbocycles. The lowest BCUT2D eigenvalue weighted by Crippen LogP contribution is -2.35. The number of anilines is 1. The van der Waals surface area contributed by atoms with E-state index in [1.165, 1.54) is 11.3 Å². The average molecular weight is 439 g/mol. The Bertz CT molecular complexity index is 1140. The van der Waals surface area contributed by atoms with Crippen LogP contribution in [0.15, 0.2) is 53.9 Å². The second kappa shape index (κ2) is 8.46. The third-order valence-electron chi connectivity index (χ3n) is 5.13. The van der Waals surface area contributed by atoms with Crippen LogP contribution in [0.1, 0.15) is 34.5 Å². The van der Waals surface area contributed by atoms with Crippen molar-refractivity contribution in [3.63, 3.8) is 0 Å². The predicted octanol–water partition coefficient (Wildman–Crippen LogP) is 4.77. The summed E-state index contributed by atoms with van der Waals surface area (Å²) in [5.41, 5.74) is 2.59. The van der Waals surface area contributed by atoms with E-state index in [2.05, 4.69) is 21.5 Å². The number of urea groups is 1. The normalized spacial score (nSPS) is 17.4. The fourth-order valence-electron chi connectivity index (χ4n) is 3.48. The van der Waals surface area contributed by atoms with Crippen LogP contribution >= 0.6 is 11.3 Å². The number of hydrogen-bond acceptors (Lipinski definition) is 4. The third kappa shape index (κ3) is 4.58. The van der Waals surface area contributed by atoms with Gasteiger partial charge in [-0.1, -0.05) is 48.5 Å². The summed E-state index contributed by atoms with van der Waals surface area (Å²) < 4.78 is 27.9. The number of rotatable bonds is 6. The summed E-state index contributed by atoms with van der Waals surface area (Å²) in [6.07, 6.45) is 5.02. The Labute approximate surface area is 182 Å². The quantitative estimate of drug-likeness (QED) is 0.485. The number of aliphatic hydroxyl groups is 1. The van der Waals surface area contributed by atoms with E-state index in [-0.39, 0.29) is 12.2 Å². The van der Waals surface area contributed by atoms with Crippen molar-refractivity contribution in [1.82, 2.24) is 10.3 Å². The fraction of sp³-hybridized carbons (Fsp3) is 0.217. The molecule has 1 aliphatic rings. The molecular weight excluding hydrogens is 420 g/mol. The first-order chi connectivity index (χ1) is 14.9. The van der Waals surface area contributed by atoms with Gasteiger partial charge >= 0.3 is 6.03 Å². The molecule has 4 rings (SSSR count). The zero-order chi connectivity index (χ0) is 22.0. The summed E-state index contributed by atoms with van der Waals surface area (Å²) in [5.74, 6) is -1.08. The van der Waals surface area contributed by atoms with Gasteiger partial charge in [0, 0.05) is 11.8 Å². The summed E-state index contributed by atoms with van der Waals surface area (Å²) in [5, 5.41) is 17.1. The maximum absolute atomic E-state index is 14.0. The number of nitrogens with one attached hydrogen (secondary N) is 2. The molecule has 2 atom stereocenters. The van der Waals surface area contributed by atoms with Gasteiger partial charge in [0.05, 0.1) is 18.6 Å². The van der Waals surface area contributed by atoms with Crippen molar-refractivity contribution in [3.05, 3.63) is 70.0 Å². The van der Waals surface area contributed by atoms with Crippen LogP contribution in [0, 0.1) is 12.3 Å². The van der Waals surface area contributed by atoms with Crippen LogP contribution in [0.25, 0.3) is 11.1 Å². The van der Waals surface area contributed by atoms with E-state index in [1.54, 1.807) is 23.6 Å². The molecule has 2 amide bonds. The number of benzene rings is 2. The van der Waals surface area contributed by atoms with Crippen LogP contribution in [-0.2, 0) is 0 Å². The molecule has 0 bridgehead atoms. The van der Waals surface area contributed by atoms with Crippen molar-refractivity contribution in [3.8, 4) is 23.5 Å². The van der Waals surface area contributed by atoms with E-state index in [9.17, 15) is 18.7 Å². The molecular formula is C23H19F2N3O2S. The van der Waals surface area contributed by atoms with Gasteiger partial charge in [0.1, 0.15) is 5.82 Å². The number of halogens is 2. The molecule has 0 spiro atoms. The highest BCUT2D eigenvalue weighted by atomic mass is 32.1. The largest absolute Gasteiger partial charge is 0.394 e. The second-order valence-electron chi connectivity index (χ2n) is 7.24. The molecule has 3 N–H and O–H groups in total. The number of carbonyl (C=O) groups is 1. The Hall–Kier alpha value is -3.28. The molecule has 158 valence electrons. The number of amides is 2. The maximum atomic E-state index is 14.0. The third-order valence-corrected chi connectivity index (χ3v) is 5.90. The number of thiazole rings is 1. The molecule has 0 saturated heterocycles. The first-order valence-electron chi connectivity index (χ1n) is 9.59. The molecule has 0 aliphatic heterocycles. The van der Waals surface area contributed by atoms with Gasteiger partial charge in [-0.05, 0) is 28.2 Å². The van der Waals surface area contributed by atoms with Gasteiger partial charge < -0.3 is 10.4 Å². The number of alkyl halides is 2. The molecule has 3 aromatic rings. The molecule has 1 unspecified atom stereocenters. The SMILES string of the molecule is C#Cc1nc(NC(=O)N[C@@H](CO)c2ccc(-c3ccccc3)cc2C2CC2(F)F)cs1. The molecule has 0 radical (unpaired) electrons. The van der Waals surface area contributed by atoms with Crippen LogP contribution in [0.5, 0.6) is 0 Å². The highest BCUT2D eigenvalue weighted by Gasteiger charge is 2.58. The van der Waals surface area contributed by atoms with Crippen LogP contribution in [0.3, 0.4) is 0 Å². The summed E-state index contributed by atoms with van der Waals surface area (Å²) in [4.78, 5) is 16.4. The number of nitrogens with zero attached hydrogens (tertiary/aromatic N) is 1. The zero-order valence-electron chi connectivity index (χ0n) is 16.3. The van der Waals surface area contributed by atoms with Crippen molar-refractivity contribution in [1.29, 1.82) is 0 Å². The van der Waals surface area contributed by atoms with Gasteiger partial charge in [-0.15, -0.1) is 17.8 Å². The number of carbonyl (C=O) groups excluding carboxylic acids is 1. The molecule has 2 aromatic carbocycles. The van der Waals surface area contributed by atoms with Crippen molar-refractivity contribution in [2.45, 2.75) is 24.3 Å². The molecule has 1 saturated carbocycles. The molecule has 1 fully saturated rings. The smallest absolute Gasteiger partial charge is 0.320 e. The zero-order valence-corrected chi connectivity index (χ0v) is 17.1. The highest BCUT2D eigenvalue weighted by Crippen LogP contribution is 2.57. The van der Waals surface area contributed by atoms with E-state index < -0.39 is 30.5 Å². The minimum atomic E-state index is -2.79. The van der Waals surface area contributed by atoms with Gasteiger partial charge in [-0.3, -0.25) is 5.32 Å². The van der Waals surface area contributed by atoms with E-state index in [0.717, 1.165) is 11.1 Å². The topological polar surface area (TPSA) is 74.2 Å². The Balaban J connectivity index is 1.60. The van der Waals surface area contributed by atoms with Gasteiger partial charge in [0.2, 0.25) is 0 Å². The number of terminal acetylenes is 1. The molecule has 8 heteroatoms. The Morgan fingerprint density at radius 3 is 2.65 bits per heavy atom. The first-order valence-corrected chi connectivity index (χ1v) is 10.5. The van der Waals surface area contributed by atoms with E-state index in [1.807, 2.05) is 30.3 Å². The predicted molar refractivity (Wildman–Crippen MR) is 116 cm³/mol. The van der Waals surface area contributed by atoms with Crippen molar-refractivity contribution in [2.75, 3.05) is 11.9 Å². The molecule has 1 aromatic heterocycles. The molecule has 5 nitrogen and oxygen atoms in total. The van der Waals surface area contributed by atoms with Crippen LogP contribution in [0.2, 0.25) is 0 Å². The van der Waals surface area contributed by atoms with Gasteiger partial charge in [-0.25, -0.2) is 18.6 Å². The summed E-state index contributed by atoms with van der Waals surface area (Å²) in [6.45, 7) is -0.448. The van der Waals surface area contributed by atoms with E-state index >= 15 is 0 Å². The Morgan fingerprint density at radius 1 is 1.29 bits per heavy atom. The second-order valence-corrected chi connectivity index (χ2v) is 8.10. The van der Waals surface area contributed by atoms with Crippen LogP contribution in [0.4, 0.5) is 19.4 Å². The average Bonchev–Trinajstić information content (AvgIpc) is 3.18. The number of aliphatic hydroxyl groups excluding tert-OH is 1. The van der Waals surface area contributed by atoms with Crippen molar-refractivity contribution in [2.24, 2.45) is 0 Å². The fourth-order valence-corrected chi connectivity index (χ4v) is 4.04. The van der Waals surface area contributed by atoms with Crippen LogP contribution < -0.4 is 10.6 Å².